The SMILES string of the molecule is CCCOC(=O)N1CCN(CC(=O)Nc2ccc(C#N)cc2)CC1. The molecular weight excluding hydrogens is 308 g/mol. The molecule has 0 aromatic heterocycles. The predicted molar refractivity (Wildman–Crippen MR) is 89.4 cm³/mol. The third-order valence-corrected chi connectivity index (χ3v) is 3.73. The summed E-state index contributed by atoms with van der Waals surface area (Å²) in [4.78, 5) is 27.5. The first kappa shape index (κ1) is 17.8. The molecule has 0 saturated carbocycles. The van der Waals surface area contributed by atoms with Gasteiger partial charge in [-0.1, -0.05) is 6.92 Å². The van der Waals surface area contributed by atoms with Crippen molar-refractivity contribution in [1.82, 2.24) is 9.80 Å². The van der Waals surface area contributed by atoms with Gasteiger partial charge in [0, 0.05) is 31.9 Å². The molecule has 1 aliphatic rings. The van der Waals surface area contributed by atoms with Crippen LogP contribution in [0.2, 0.25) is 0 Å². The number of ether oxygens (including phenoxy) is 1. The first-order chi connectivity index (χ1) is 11.6. The smallest absolute Gasteiger partial charge is 0.409 e. The molecule has 1 aromatic rings. The van der Waals surface area contributed by atoms with Crippen LogP contribution in [0, 0.1) is 11.3 Å². The maximum Gasteiger partial charge on any atom is 0.409 e. The van der Waals surface area contributed by atoms with Crippen molar-refractivity contribution in [2.75, 3.05) is 44.6 Å². The highest BCUT2D eigenvalue weighted by atomic mass is 16.6. The molecule has 0 unspecified atom stereocenters. The van der Waals surface area contributed by atoms with Gasteiger partial charge in [0.05, 0.1) is 24.8 Å². The maximum atomic E-state index is 12.1. The Morgan fingerprint density at radius 2 is 1.88 bits per heavy atom. The summed E-state index contributed by atoms with van der Waals surface area (Å²) in [6.45, 7) is 5.07. The summed E-state index contributed by atoms with van der Waals surface area (Å²) in [6, 6.07) is 8.77. The number of hydrogen-bond acceptors (Lipinski definition) is 5. The minimum Gasteiger partial charge on any atom is -0.449 e. The summed E-state index contributed by atoms with van der Waals surface area (Å²) in [5.41, 5.74) is 1.22. The molecule has 0 bridgehead atoms. The zero-order valence-electron chi connectivity index (χ0n) is 13.8. The van der Waals surface area contributed by atoms with Gasteiger partial charge in [0.2, 0.25) is 5.91 Å². The van der Waals surface area contributed by atoms with Gasteiger partial charge in [-0.15, -0.1) is 0 Å². The van der Waals surface area contributed by atoms with Gasteiger partial charge < -0.3 is 15.0 Å². The summed E-state index contributed by atoms with van der Waals surface area (Å²) in [6.07, 6.45) is 0.528. The van der Waals surface area contributed by atoms with Crippen LogP contribution in [0.25, 0.3) is 0 Å². The predicted octanol–water partition coefficient (Wildman–Crippen LogP) is 1.66. The number of nitriles is 1. The van der Waals surface area contributed by atoms with Gasteiger partial charge in [-0.2, -0.15) is 5.26 Å². The summed E-state index contributed by atoms with van der Waals surface area (Å²) in [5, 5.41) is 11.6. The average molecular weight is 330 g/mol. The molecule has 0 spiro atoms. The van der Waals surface area contributed by atoms with E-state index < -0.39 is 0 Å². The van der Waals surface area contributed by atoms with Crippen molar-refractivity contribution < 1.29 is 14.3 Å². The molecule has 1 fully saturated rings. The molecule has 24 heavy (non-hydrogen) atoms. The number of nitrogens with one attached hydrogen (secondary N) is 1. The van der Waals surface area contributed by atoms with Gasteiger partial charge in [-0.3, -0.25) is 9.69 Å². The Hall–Kier alpha value is -2.59. The number of carbonyl (C=O) groups excluding carboxylic acids is 2. The number of amides is 2. The normalized spacial score (nSPS) is 14.8. The van der Waals surface area contributed by atoms with Crippen molar-refractivity contribution in [3.8, 4) is 6.07 Å². The van der Waals surface area contributed by atoms with Crippen LogP contribution in [0.5, 0.6) is 0 Å². The third kappa shape index (κ3) is 5.25. The number of benzene rings is 1. The highest BCUT2D eigenvalue weighted by Gasteiger charge is 2.23. The minimum absolute atomic E-state index is 0.110. The Balaban J connectivity index is 1.73. The zero-order valence-corrected chi connectivity index (χ0v) is 13.8. The van der Waals surface area contributed by atoms with Crippen LogP contribution in [0.15, 0.2) is 24.3 Å². The topological polar surface area (TPSA) is 85.7 Å². The van der Waals surface area contributed by atoms with E-state index in [1.807, 2.05) is 17.9 Å². The molecule has 1 aliphatic heterocycles. The number of hydrogen-bond donors (Lipinski definition) is 1. The van der Waals surface area contributed by atoms with Gasteiger partial charge in [-0.05, 0) is 30.7 Å². The summed E-state index contributed by atoms with van der Waals surface area (Å²) in [5.74, 6) is -0.110. The quantitative estimate of drug-likeness (QED) is 0.887. The van der Waals surface area contributed by atoms with Crippen LogP contribution in [0.3, 0.4) is 0 Å². The van der Waals surface area contributed by atoms with Crippen LogP contribution in [0.1, 0.15) is 18.9 Å². The zero-order chi connectivity index (χ0) is 17.4. The van der Waals surface area contributed by atoms with Gasteiger partial charge >= 0.3 is 6.09 Å². The lowest BCUT2D eigenvalue weighted by atomic mass is 10.2. The van der Waals surface area contributed by atoms with Gasteiger partial charge in [0.15, 0.2) is 0 Å². The molecule has 2 rings (SSSR count). The van der Waals surface area contributed by atoms with Crippen molar-refractivity contribution in [3.05, 3.63) is 29.8 Å². The molecule has 0 aliphatic carbocycles. The molecule has 7 heteroatoms. The number of rotatable bonds is 5. The largest absolute Gasteiger partial charge is 0.449 e. The number of nitrogens with zero attached hydrogens (tertiary/aromatic N) is 3. The molecule has 1 N–H and O–H groups in total. The molecule has 1 heterocycles. The Kier molecular flexibility index (Phi) is 6.58. The van der Waals surface area contributed by atoms with Crippen LogP contribution in [-0.2, 0) is 9.53 Å². The van der Waals surface area contributed by atoms with E-state index in [2.05, 4.69) is 5.32 Å². The Bertz CT molecular complexity index is 601. The van der Waals surface area contributed by atoms with Crippen molar-refractivity contribution in [2.45, 2.75) is 13.3 Å². The van der Waals surface area contributed by atoms with E-state index in [9.17, 15) is 9.59 Å². The average Bonchev–Trinajstić information content (AvgIpc) is 2.61. The van der Waals surface area contributed by atoms with Crippen LogP contribution >= 0.6 is 0 Å². The van der Waals surface area contributed by atoms with E-state index in [0.717, 1.165) is 6.42 Å². The fourth-order valence-electron chi connectivity index (χ4n) is 2.40. The first-order valence-electron chi connectivity index (χ1n) is 8.06. The van der Waals surface area contributed by atoms with Gasteiger partial charge in [0.1, 0.15) is 0 Å². The van der Waals surface area contributed by atoms with Crippen molar-refractivity contribution >= 4 is 17.7 Å². The lowest BCUT2D eigenvalue weighted by Crippen LogP contribution is -2.50. The molecule has 2 amide bonds. The standard InChI is InChI=1S/C17H22N4O3/c1-2-11-24-17(23)21-9-7-20(8-10-21)13-16(22)19-15-5-3-14(12-18)4-6-15/h3-6H,2,7-11,13H2,1H3,(H,19,22). The third-order valence-electron chi connectivity index (χ3n) is 3.73. The van der Waals surface area contributed by atoms with E-state index in [1.54, 1.807) is 29.2 Å². The second-order valence-corrected chi connectivity index (χ2v) is 5.61. The van der Waals surface area contributed by atoms with Crippen LogP contribution in [0.4, 0.5) is 10.5 Å². The number of anilines is 1. The van der Waals surface area contributed by atoms with E-state index >= 15 is 0 Å². The molecule has 0 radical (unpaired) electrons. The van der Waals surface area contributed by atoms with E-state index in [1.165, 1.54) is 0 Å². The summed E-state index contributed by atoms with van der Waals surface area (Å²) >= 11 is 0. The molecule has 7 nitrogen and oxygen atoms in total. The summed E-state index contributed by atoms with van der Waals surface area (Å²) in [7, 11) is 0. The Labute approximate surface area is 141 Å². The van der Waals surface area contributed by atoms with Crippen molar-refractivity contribution in [3.63, 3.8) is 0 Å². The Morgan fingerprint density at radius 3 is 2.46 bits per heavy atom. The molecule has 0 atom stereocenters. The molecule has 128 valence electrons. The fourth-order valence-corrected chi connectivity index (χ4v) is 2.40. The Morgan fingerprint density at radius 1 is 1.21 bits per heavy atom. The van der Waals surface area contributed by atoms with E-state index in [4.69, 9.17) is 10.00 Å². The van der Waals surface area contributed by atoms with E-state index in [0.29, 0.717) is 44.0 Å². The van der Waals surface area contributed by atoms with Gasteiger partial charge in [0.25, 0.3) is 0 Å². The first-order valence-corrected chi connectivity index (χ1v) is 8.06. The van der Waals surface area contributed by atoms with Crippen molar-refractivity contribution in [2.24, 2.45) is 0 Å². The van der Waals surface area contributed by atoms with Crippen LogP contribution < -0.4 is 5.32 Å². The maximum absolute atomic E-state index is 12.1. The second kappa shape index (κ2) is 8.89. The molecule has 1 saturated heterocycles. The molecule has 1 aromatic carbocycles. The number of piperazine rings is 1. The highest BCUT2D eigenvalue weighted by molar-refractivity contribution is 5.92. The second-order valence-electron chi connectivity index (χ2n) is 5.61. The van der Waals surface area contributed by atoms with E-state index in [-0.39, 0.29) is 18.5 Å². The molecular formula is C17H22N4O3. The van der Waals surface area contributed by atoms with Crippen molar-refractivity contribution in [1.29, 1.82) is 5.26 Å². The summed E-state index contributed by atoms with van der Waals surface area (Å²) < 4.78 is 5.11. The lowest BCUT2D eigenvalue weighted by molar-refractivity contribution is -0.117. The highest BCUT2D eigenvalue weighted by Crippen LogP contribution is 2.09. The fraction of sp³-hybridized carbons (Fsp3) is 0.471. The van der Waals surface area contributed by atoms with Crippen LogP contribution in [-0.4, -0.2) is 61.1 Å². The number of carbonyl (C=O) groups is 2. The van der Waals surface area contributed by atoms with Gasteiger partial charge in [-0.25, -0.2) is 4.79 Å². The monoisotopic (exact) mass is 330 g/mol. The minimum atomic E-state index is -0.279. The lowest BCUT2D eigenvalue weighted by Gasteiger charge is -2.33.